The number of ether oxygens (including phenoxy) is 1. The van der Waals surface area contributed by atoms with Crippen molar-refractivity contribution in [2.24, 2.45) is 0 Å². The Morgan fingerprint density at radius 1 is 1.00 bits per heavy atom. The fraction of sp³-hybridized carbons (Fsp3) is 0.208. The van der Waals surface area contributed by atoms with Crippen LogP contribution in [0.4, 0.5) is 11.4 Å². The van der Waals surface area contributed by atoms with E-state index in [2.05, 4.69) is 10.0 Å². The van der Waals surface area contributed by atoms with Gasteiger partial charge in [0.2, 0.25) is 0 Å². The molecule has 0 saturated heterocycles. The Hall–Kier alpha value is -3.03. The number of carbonyl (C=O) groups is 1. The zero-order chi connectivity index (χ0) is 23.3. The lowest BCUT2D eigenvalue weighted by Gasteiger charge is -2.18. The molecule has 3 rings (SSSR count). The summed E-state index contributed by atoms with van der Waals surface area (Å²) in [5.41, 5.74) is 2.73. The van der Waals surface area contributed by atoms with E-state index < -0.39 is 16.1 Å². The molecule has 0 radical (unpaired) electrons. The van der Waals surface area contributed by atoms with Crippen LogP contribution in [-0.2, 0) is 14.8 Å². The molecule has 168 valence electrons. The maximum Gasteiger partial charge on any atom is 0.265 e. The monoisotopic (exact) mass is 472 g/mol. The molecule has 3 aromatic rings. The molecule has 6 nitrogen and oxygen atoms in total. The van der Waals surface area contributed by atoms with E-state index in [-0.39, 0.29) is 10.8 Å². The van der Waals surface area contributed by atoms with Gasteiger partial charge in [-0.2, -0.15) is 0 Å². The number of sulfonamides is 1. The Balaban J connectivity index is 1.67. The topological polar surface area (TPSA) is 84.5 Å². The zero-order valence-electron chi connectivity index (χ0n) is 18.1. The molecule has 3 aromatic carbocycles. The van der Waals surface area contributed by atoms with Crippen LogP contribution in [0.2, 0.25) is 5.02 Å². The normalized spacial score (nSPS) is 12.1. The van der Waals surface area contributed by atoms with Gasteiger partial charge in [-0.15, -0.1) is 0 Å². The number of hydrogen-bond donors (Lipinski definition) is 2. The first kappa shape index (κ1) is 23.6. The summed E-state index contributed by atoms with van der Waals surface area (Å²) in [5.74, 6) is 0.313. The van der Waals surface area contributed by atoms with Crippen LogP contribution in [-0.4, -0.2) is 20.4 Å². The summed E-state index contributed by atoms with van der Waals surface area (Å²) in [4.78, 5) is 12.7. The van der Waals surface area contributed by atoms with Gasteiger partial charge in [0, 0.05) is 10.7 Å². The third kappa shape index (κ3) is 6.02. The van der Waals surface area contributed by atoms with Gasteiger partial charge in [0.25, 0.3) is 15.9 Å². The van der Waals surface area contributed by atoms with Crippen LogP contribution in [0.3, 0.4) is 0 Å². The predicted molar refractivity (Wildman–Crippen MR) is 128 cm³/mol. The standard InChI is InChI=1S/C24H25ClN2O4S/c1-4-23(31-20-7-5-6-16(2)14-20)24(28)26-18-10-12-21(13-11-18)32(29,30)27-19-9-8-17(3)22(25)15-19/h5-15,23,27H,4H2,1-3H3,(H,26,28). The molecule has 0 aromatic heterocycles. The first-order valence-corrected chi connectivity index (χ1v) is 12.0. The number of hydrogen-bond acceptors (Lipinski definition) is 4. The van der Waals surface area contributed by atoms with Gasteiger partial charge < -0.3 is 10.1 Å². The van der Waals surface area contributed by atoms with Crippen molar-refractivity contribution >= 4 is 38.9 Å². The van der Waals surface area contributed by atoms with Gasteiger partial charge in [-0.25, -0.2) is 8.42 Å². The zero-order valence-corrected chi connectivity index (χ0v) is 19.6. The molecular weight excluding hydrogens is 448 g/mol. The Morgan fingerprint density at radius 2 is 1.69 bits per heavy atom. The first-order chi connectivity index (χ1) is 15.2. The summed E-state index contributed by atoms with van der Waals surface area (Å²) in [6, 6.07) is 18.4. The molecule has 2 N–H and O–H groups in total. The minimum atomic E-state index is -3.80. The number of nitrogens with one attached hydrogen (secondary N) is 2. The summed E-state index contributed by atoms with van der Waals surface area (Å²) in [5, 5.41) is 3.25. The molecule has 0 bridgehead atoms. The number of halogens is 1. The van der Waals surface area contributed by atoms with E-state index in [4.69, 9.17) is 16.3 Å². The second kappa shape index (κ2) is 10.1. The average molecular weight is 473 g/mol. The minimum absolute atomic E-state index is 0.0650. The fourth-order valence-electron chi connectivity index (χ4n) is 2.99. The van der Waals surface area contributed by atoms with E-state index in [0.717, 1.165) is 11.1 Å². The molecule has 0 aliphatic heterocycles. The lowest BCUT2D eigenvalue weighted by molar-refractivity contribution is -0.122. The molecule has 0 fully saturated rings. The van der Waals surface area contributed by atoms with Gasteiger partial charge in [0.15, 0.2) is 6.10 Å². The van der Waals surface area contributed by atoms with Crippen LogP contribution < -0.4 is 14.8 Å². The smallest absolute Gasteiger partial charge is 0.265 e. The molecule has 1 atom stereocenters. The number of benzene rings is 3. The van der Waals surface area contributed by atoms with Gasteiger partial charge in [0.1, 0.15) is 5.75 Å². The van der Waals surface area contributed by atoms with Crippen molar-refractivity contribution in [3.8, 4) is 5.75 Å². The Labute approximate surface area is 193 Å². The molecular formula is C24H25ClN2O4S. The quantitative estimate of drug-likeness (QED) is 0.450. The van der Waals surface area contributed by atoms with Crippen LogP contribution in [0.15, 0.2) is 71.6 Å². The van der Waals surface area contributed by atoms with Crippen molar-refractivity contribution in [1.29, 1.82) is 0 Å². The van der Waals surface area contributed by atoms with Crippen LogP contribution in [0.25, 0.3) is 0 Å². The van der Waals surface area contributed by atoms with Crippen LogP contribution >= 0.6 is 11.6 Å². The SMILES string of the molecule is CCC(Oc1cccc(C)c1)C(=O)Nc1ccc(S(=O)(=O)Nc2ccc(C)c(Cl)c2)cc1. The first-order valence-electron chi connectivity index (χ1n) is 10.1. The van der Waals surface area contributed by atoms with Crippen molar-refractivity contribution in [2.75, 3.05) is 10.0 Å². The summed E-state index contributed by atoms with van der Waals surface area (Å²) < 4.78 is 33.6. The molecule has 1 unspecified atom stereocenters. The van der Waals surface area contributed by atoms with E-state index in [1.54, 1.807) is 24.3 Å². The third-order valence-corrected chi connectivity index (χ3v) is 6.59. The highest BCUT2D eigenvalue weighted by molar-refractivity contribution is 7.92. The molecule has 32 heavy (non-hydrogen) atoms. The largest absolute Gasteiger partial charge is 0.481 e. The van der Waals surface area contributed by atoms with Crippen molar-refractivity contribution in [2.45, 2.75) is 38.2 Å². The number of anilines is 2. The second-order valence-electron chi connectivity index (χ2n) is 7.41. The lowest BCUT2D eigenvalue weighted by atomic mass is 10.2. The van der Waals surface area contributed by atoms with Crippen LogP contribution in [0.5, 0.6) is 5.75 Å². The number of rotatable bonds is 8. The van der Waals surface area contributed by atoms with Gasteiger partial charge in [-0.05, 0) is 79.9 Å². The van der Waals surface area contributed by atoms with Crippen molar-refractivity contribution in [3.05, 3.63) is 82.9 Å². The molecule has 0 spiro atoms. The molecule has 0 saturated carbocycles. The highest BCUT2D eigenvalue weighted by Crippen LogP contribution is 2.23. The molecule has 0 aliphatic rings. The summed E-state index contributed by atoms with van der Waals surface area (Å²) >= 11 is 6.07. The second-order valence-corrected chi connectivity index (χ2v) is 9.50. The Bertz CT molecular complexity index is 1210. The molecule has 0 aliphatic carbocycles. The predicted octanol–water partition coefficient (Wildman–Crippen LogP) is 5.55. The van der Waals surface area contributed by atoms with E-state index in [0.29, 0.717) is 28.6 Å². The molecule has 0 heterocycles. The number of aryl methyl sites for hydroxylation is 2. The van der Waals surface area contributed by atoms with Crippen LogP contribution in [0.1, 0.15) is 24.5 Å². The average Bonchev–Trinajstić information content (AvgIpc) is 2.75. The van der Waals surface area contributed by atoms with Gasteiger partial charge in [-0.3, -0.25) is 9.52 Å². The maximum absolute atomic E-state index is 12.7. The highest BCUT2D eigenvalue weighted by Gasteiger charge is 2.20. The van der Waals surface area contributed by atoms with Crippen molar-refractivity contribution < 1.29 is 17.9 Å². The minimum Gasteiger partial charge on any atom is -0.481 e. The fourth-order valence-corrected chi connectivity index (χ4v) is 4.22. The summed E-state index contributed by atoms with van der Waals surface area (Å²) in [6.07, 6.45) is -0.192. The van der Waals surface area contributed by atoms with Gasteiger partial charge in [0.05, 0.1) is 10.6 Å². The van der Waals surface area contributed by atoms with Crippen molar-refractivity contribution in [1.82, 2.24) is 0 Å². The van der Waals surface area contributed by atoms with Crippen LogP contribution in [0, 0.1) is 13.8 Å². The Morgan fingerprint density at radius 3 is 2.31 bits per heavy atom. The van der Waals surface area contributed by atoms with E-state index in [9.17, 15) is 13.2 Å². The molecule has 1 amide bonds. The number of amides is 1. The van der Waals surface area contributed by atoms with E-state index >= 15 is 0 Å². The lowest BCUT2D eigenvalue weighted by Crippen LogP contribution is -2.32. The summed E-state index contributed by atoms with van der Waals surface area (Å²) in [6.45, 7) is 5.65. The van der Waals surface area contributed by atoms with Gasteiger partial charge >= 0.3 is 0 Å². The molecule has 8 heteroatoms. The summed E-state index contributed by atoms with van der Waals surface area (Å²) in [7, 11) is -3.80. The maximum atomic E-state index is 12.7. The third-order valence-electron chi connectivity index (χ3n) is 4.79. The highest BCUT2D eigenvalue weighted by atomic mass is 35.5. The van der Waals surface area contributed by atoms with E-state index in [1.807, 2.05) is 39.0 Å². The Kier molecular flexibility index (Phi) is 7.43. The van der Waals surface area contributed by atoms with Gasteiger partial charge in [-0.1, -0.05) is 36.7 Å². The van der Waals surface area contributed by atoms with Crippen molar-refractivity contribution in [3.63, 3.8) is 0 Å². The van der Waals surface area contributed by atoms with E-state index in [1.165, 1.54) is 24.3 Å². The number of carbonyl (C=O) groups excluding carboxylic acids is 1.